The van der Waals surface area contributed by atoms with E-state index >= 15 is 0 Å². The molecule has 0 saturated carbocycles. The molecular formula is C25H35N3O4S. The van der Waals surface area contributed by atoms with E-state index in [0.717, 1.165) is 12.0 Å². The summed E-state index contributed by atoms with van der Waals surface area (Å²) in [4.78, 5) is 42.3. The molecule has 2 bridgehead atoms. The van der Waals surface area contributed by atoms with Crippen LogP contribution in [0.5, 0.6) is 0 Å². The zero-order valence-corrected chi connectivity index (χ0v) is 20.7. The van der Waals surface area contributed by atoms with Gasteiger partial charge in [0, 0.05) is 18.3 Å². The first-order valence-corrected chi connectivity index (χ1v) is 12.7. The Labute approximate surface area is 200 Å². The van der Waals surface area contributed by atoms with Gasteiger partial charge in [-0.15, -0.1) is 11.8 Å². The highest BCUT2D eigenvalue weighted by Gasteiger charge is 2.77. The number of carbonyl (C=O) groups excluding carboxylic acids is 3. The molecule has 33 heavy (non-hydrogen) atoms. The van der Waals surface area contributed by atoms with Crippen LogP contribution in [0.2, 0.25) is 0 Å². The molecular weight excluding hydrogens is 438 g/mol. The molecule has 3 N–H and O–H groups in total. The lowest BCUT2D eigenvalue weighted by molar-refractivity contribution is -0.143. The Kier molecular flexibility index (Phi) is 6.53. The minimum atomic E-state index is -0.712. The van der Waals surface area contributed by atoms with E-state index in [1.54, 1.807) is 23.7 Å². The van der Waals surface area contributed by atoms with Gasteiger partial charge in [-0.25, -0.2) is 0 Å². The highest BCUT2D eigenvalue weighted by Crippen LogP contribution is 2.71. The summed E-state index contributed by atoms with van der Waals surface area (Å²) in [6, 6.07) is 8.51. The molecule has 180 valence electrons. The van der Waals surface area contributed by atoms with Crippen LogP contribution in [0, 0.1) is 17.8 Å². The van der Waals surface area contributed by atoms with Crippen molar-refractivity contribution >= 4 is 29.5 Å². The van der Waals surface area contributed by atoms with Crippen molar-refractivity contribution in [2.75, 3.05) is 13.7 Å². The van der Waals surface area contributed by atoms with E-state index in [4.69, 9.17) is 0 Å². The highest BCUT2D eigenvalue weighted by atomic mass is 32.2. The van der Waals surface area contributed by atoms with Gasteiger partial charge < -0.3 is 20.6 Å². The van der Waals surface area contributed by atoms with Crippen LogP contribution in [0.1, 0.15) is 45.6 Å². The normalized spacial score (nSPS) is 33.3. The maximum absolute atomic E-state index is 14.0. The predicted molar refractivity (Wildman–Crippen MR) is 128 cm³/mol. The van der Waals surface area contributed by atoms with Crippen LogP contribution in [-0.4, -0.2) is 63.0 Å². The molecule has 1 aromatic carbocycles. The van der Waals surface area contributed by atoms with Gasteiger partial charge in [0.25, 0.3) is 0 Å². The van der Waals surface area contributed by atoms with Gasteiger partial charge in [-0.3, -0.25) is 14.4 Å². The largest absolute Gasteiger partial charge is 0.394 e. The lowest BCUT2D eigenvalue weighted by atomic mass is 9.66. The fourth-order valence-electron chi connectivity index (χ4n) is 6.31. The van der Waals surface area contributed by atoms with Gasteiger partial charge >= 0.3 is 0 Å². The molecule has 0 radical (unpaired) electrons. The third-order valence-corrected chi connectivity index (χ3v) is 9.63. The third kappa shape index (κ3) is 3.85. The summed E-state index contributed by atoms with van der Waals surface area (Å²) < 4.78 is -1.04. The van der Waals surface area contributed by atoms with Gasteiger partial charge in [0.15, 0.2) is 0 Å². The predicted octanol–water partition coefficient (Wildman–Crippen LogP) is 1.94. The van der Waals surface area contributed by atoms with Crippen LogP contribution < -0.4 is 10.6 Å². The number of amides is 3. The number of hydrogen-bond donors (Lipinski definition) is 3. The molecule has 4 rings (SSSR count). The van der Waals surface area contributed by atoms with Crippen molar-refractivity contribution in [3.8, 4) is 0 Å². The number of carbonyl (C=O) groups is 3. The fourth-order valence-corrected chi connectivity index (χ4v) is 8.66. The first kappa shape index (κ1) is 24.1. The van der Waals surface area contributed by atoms with Crippen LogP contribution >= 0.6 is 11.8 Å². The first-order valence-electron chi connectivity index (χ1n) is 11.8. The van der Waals surface area contributed by atoms with Crippen molar-refractivity contribution in [1.29, 1.82) is 0 Å². The molecule has 1 aromatic rings. The van der Waals surface area contributed by atoms with Gasteiger partial charge in [0.05, 0.1) is 29.2 Å². The molecule has 7 nitrogen and oxygen atoms in total. The maximum atomic E-state index is 14.0. The number of aliphatic hydroxyl groups is 1. The van der Waals surface area contributed by atoms with Gasteiger partial charge in [-0.1, -0.05) is 44.2 Å². The number of nitrogens with one attached hydrogen (secondary N) is 2. The minimum absolute atomic E-state index is 0.139. The smallest absolute Gasteiger partial charge is 0.244 e. The minimum Gasteiger partial charge on any atom is -0.394 e. The van der Waals surface area contributed by atoms with Crippen molar-refractivity contribution < 1.29 is 19.5 Å². The molecule has 3 aliphatic rings. The van der Waals surface area contributed by atoms with Gasteiger partial charge in [-0.2, -0.15) is 0 Å². The number of rotatable bonds is 8. The number of nitrogens with zero attached hydrogens (tertiary/aromatic N) is 1. The van der Waals surface area contributed by atoms with Crippen molar-refractivity contribution in [1.82, 2.24) is 15.5 Å². The average Bonchev–Trinajstić information content (AvgIpc) is 3.36. The Hall–Kier alpha value is -2.06. The molecule has 8 heteroatoms. The third-order valence-electron chi connectivity index (χ3n) is 7.65. The van der Waals surface area contributed by atoms with Gasteiger partial charge in [0.2, 0.25) is 17.7 Å². The van der Waals surface area contributed by atoms with E-state index in [-0.39, 0.29) is 35.0 Å². The molecule has 0 aromatic heterocycles. The zero-order valence-electron chi connectivity index (χ0n) is 19.8. The number of likely N-dealkylation sites (tertiary alicyclic amines) is 1. The summed E-state index contributed by atoms with van der Waals surface area (Å²) in [6.45, 7) is 6.30. The standard InChI is InChI=1S/C25H35N3O4S/c1-15(2)12-17(14-29)28-20(22(31)27-13-16-8-6-5-7-9-16)25-11-10-24(3,33-25)18(21(30)26-4)19(25)23(28)32/h5-9,15,17-20,29H,10-14H2,1-4H3,(H,26,30)(H,27,31)/t17-,18-,19+,20?,24+,25?/m1/s1. The van der Waals surface area contributed by atoms with Crippen LogP contribution in [0.15, 0.2) is 30.3 Å². The summed E-state index contributed by atoms with van der Waals surface area (Å²) in [5.74, 6) is -1.31. The van der Waals surface area contributed by atoms with E-state index < -0.39 is 28.7 Å². The Morgan fingerprint density at radius 3 is 2.52 bits per heavy atom. The van der Waals surface area contributed by atoms with Gasteiger partial charge in [0.1, 0.15) is 6.04 Å². The fraction of sp³-hybridized carbons (Fsp3) is 0.640. The molecule has 3 fully saturated rings. The molecule has 3 heterocycles. The highest BCUT2D eigenvalue weighted by molar-refractivity contribution is 8.02. The summed E-state index contributed by atoms with van der Waals surface area (Å²) >= 11 is 1.65. The van der Waals surface area contributed by atoms with E-state index in [1.807, 2.05) is 44.2 Å². The van der Waals surface area contributed by atoms with E-state index in [0.29, 0.717) is 19.4 Å². The lowest BCUT2D eigenvalue weighted by Gasteiger charge is -2.37. The number of thioether (sulfide) groups is 1. The van der Waals surface area contributed by atoms with Crippen molar-refractivity contribution in [3.05, 3.63) is 35.9 Å². The summed E-state index contributed by atoms with van der Waals surface area (Å²) in [5.41, 5.74) is 0.982. The molecule has 0 aliphatic carbocycles. The molecule has 1 spiro atoms. The van der Waals surface area contributed by atoms with Crippen molar-refractivity contribution in [3.63, 3.8) is 0 Å². The molecule has 3 amide bonds. The Morgan fingerprint density at radius 2 is 1.91 bits per heavy atom. The van der Waals surface area contributed by atoms with Crippen molar-refractivity contribution in [2.45, 2.75) is 68.2 Å². The monoisotopic (exact) mass is 473 g/mol. The zero-order chi connectivity index (χ0) is 24.0. The van der Waals surface area contributed by atoms with Crippen LogP contribution in [0.4, 0.5) is 0 Å². The molecule has 6 atom stereocenters. The number of benzene rings is 1. The quantitative estimate of drug-likeness (QED) is 0.536. The second kappa shape index (κ2) is 8.95. The summed E-state index contributed by atoms with van der Waals surface area (Å²) in [6.07, 6.45) is 2.09. The van der Waals surface area contributed by atoms with Crippen LogP contribution in [0.25, 0.3) is 0 Å². The van der Waals surface area contributed by atoms with E-state index in [1.165, 1.54) is 0 Å². The Balaban J connectivity index is 1.72. The molecule has 3 saturated heterocycles. The van der Waals surface area contributed by atoms with Crippen LogP contribution in [0.3, 0.4) is 0 Å². The summed E-state index contributed by atoms with van der Waals surface area (Å²) in [7, 11) is 1.60. The van der Waals surface area contributed by atoms with E-state index in [9.17, 15) is 19.5 Å². The average molecular weight is 474 g/mol. The Bertz CT molecular complexity index is 925. The van der Waals surface area contributed by atoms with E-state index in [2.05, 4.69) is 17.6 Å². The second-order valence-corrected chi connectivity index (χ2v) is 12.2. The lowest BCUT2D eigenvalue weighted by Crippen LogP contribution is -2.56. The maximum Gasteiger partial charge on any atom is 0.244 e. The van der Waals surface area contributed by atoms with Crippen LogP contribution in [-0.2, 0) is 20.9 Å². The number of hydrogen-bond acceptors (Lipinski definition) is 5. The SMILES string of the molecule is CNC(=O)[C@H]1[C@H]2C(=O)N([C@@H](CO)CC(C)C)C(C(=O)NCc3ccccc3)C23CC[C@]1(C)S3. The second-order valence-electron chi connectivity index (χ2n) is 10.3. The first-order chi connectivity index (χ1) is 15.7. The summed E-state index contributed by atoms with van der Waals surface area (Å²) in [5, 5.41) is 16.1. The van der Waals surface area contributed by atoms with Crippen molar-refractivity contribution in [2.24, 2.45) is 17.8 Å². The number of fused-ring (bicyclic) bond motifs is 1. The topological polar surface area (TPSA) is 98.7 Å². The van der Waals surface area contributed by atoms with Gasteiger partial charge in [-0.05, 0) is 37.7 Å². The Morgan fingerprint density at radius 1 is 1.21 bits per heavy atom. The number of aliphatic hydroxyl groups excluding tert-OH is 1. The molecule has 3 aliphatic heterocycles. The molecule has 2 unspecified atom stereocenters.